The smallest absolute Gasteiger partial charge is 0.263 e. The molecule has 0 aromatic heterocycles. The van der Waals surface area contributed by atoms with Gasteiger partial charge in [-0.2, -0.15) is 0 Å². The standard InChI is InChI=1S/C13H11BrCl2N2O2S/c14-9-5-4-8(7-17)6-12(9)21(19,20)18-13-10(15)2-1-3-11(13)16/h1-6,18H,7,17H2. The largest absolute Gasteiger partial charge is 0.326 e. The SMILES string of the molecule is NCc1ccc(Br)c(S(=O)(=O)Nc2c(Cl)cccc2Cl)c1. The summed E-state index contributed by atoms with van der Waals surface area (Å²) >= 11 is 15.2. The predicted molar refractivity (Wildman–Crippen MR) is 89.3 cm³/mol. The Bertz CT molecular complexity index is 761. The van der Waals surface area contributed by atoms with Gasteiger partial charge in [0.15, 0.2) is 0 Å². The van der Waals surface area contributed by atoms with E-state index in [2.05, 4.69) is 20.7 Å². The molecular formula is C13H11BrCl2N2O2S. The van der Waals surface area contributed by atoms with E-state index >= 15 is 0 Å². The molecule has 0 bridgehead atoms. The number of halogens is 3. The highest BCUT2D eigenvalue weighted by molar-refractivity contribution is 9.10. The molecule has 2 aromatic carbocycles. The Morgan fingerprint density at radius 3 is 2.33 bits per heavy atom. The highest BCUT2D eigenvalue weighted by Crippen LogP contribution is 2.33. The van der Waals surface area contributed by atoms with Crippen molar-refractivity contribution in [2.45, 2.75) is 11.4 Å². The van der Waals surface area contributed by atoms with Gasteiger partial charge in [0.25, 0.3) is 10.0 Å². The first-order chi connectivity index (χ1) is 9.85. The molecule has 2 aromatic rings. The van der Waals surface area contributed by atoms with Gasteiger partial charge in [-0.3, -0.25) is 4.72 Å². The molecule has 3 N–H and O–H groups in total. The molecule has 112 valence electrons. The van der Waals surface area contributed by atoms with E-state index < -0.39 is 10.0 Å². The molecule has 0 saturated heterocycles. The number of hydrogen-bond acceptors (Lipinski definition) is 3. The van der Waals surface area contributed by atoms with E-state index in [4.69, 9.17) is 28.9 Å². The maximum absolute atomic E-state index is 12.5. The number of para-hydroxylation sites is 1. The molecule has 21 heavy (non-hydrogen) atoms. The third-order valence-electron chi connectivity index (χ3n) is 2.72. The fraction of sp³-hybridized carbons (Fsp3) is 0.0769. The number of anilines is 1. The van der Waals surface area contributed by atoms with Crippen molar-refractivity contribution in [3.63, 3.8) is 0 Å². The Hall–Kier alpha value is -0.790. The van der Waals surface area contributed by atoms with Gasteiger partial charge in [0, 0.05) is 11.0 Å². The van der Waals surface area contributed by atoms with Crippen molar-refractivity contribution in [3.8, 4) is 0 Å². The third kappa shape index (κ3) is 3.70. The maximum atomic E-state index is 12.5. The second kappa shape index (κ2) is 6.54. The molecule has 0 aliphatic heterocycles. The number of sulfonamides is 1. The van der Waals surface area contributed by atoms with Gasteiger partial charge in [-0.1, -0.05) is 35.3 Å². The van der Waals surface area contributed by atoms with Crippen molar-refractivity contribution in [2.24, 2.45) is 5.73 Å². The number of nitrogens with two attached hydrogens (primary N) is 1. The van der Waals surface area contributed by atoms with Crippen LogP contribution in [0.25, 0.3) is 0 Å². The summed E-state index contributed by atoms with van der Waals surface area (Å²) < 4.78 is 27.8. The Morgan fingerprint density at radius 2 is 1.76 bits per heavy atom. The molecule has 8 heteroatoms. The van der Waals surface area contributed by atoms with Crippen molar-refractivity contribution < 1.29 is 8.42 Å². The highest BCUT2D eigenvalue weighted by atomic mass is 79.9. The fourth-order valence-electron chi connectivity index (χ4n) is 1.67. The van der Waals surface area contributed by atoms with E-state index in [9.17, 15) is 8.42 Å². The lowest BCUT2D eigenvalue weighted by Gasteiger charge is -2.13. The first-order valence-electron chi connectivity index (χ1n) is 5.80. The second-order valence-electron chi connectivity index (χ2n) is 4.17. The summed E-state index contributed by atoms with van der Waals surface area (Å²) in [6.45, 7) is 0.239. The van der Waals surface area contributed by atoms with Crippen molar-refractivity contribution in [2.75, 3.05) is 4.72 Å². The van der Waals surface area contributed by atoms with Crippen molar-refractivity contribution in [1.82, 2.24) is 0 Å². The summed E-state index contributed by atoms with van der Waals surface area (Å²) in [6, 6.07) is 9.61. The van der Waals surface area contributed by atoms with Crippen LogP contribution < -0.4 is 10.5 Å². The van der Waals surface area contributed by atoms with Crippen LogP contribution in [0.15, 0.2) is 45.8 Å². The minimum Gasteiger partial charge on any atom is -0.326 e. The average molecular weight is 410 g/mol. The minimum absolute atomic E-state index is 0.0708. The molecular weight excluding hydrogens is 399 g/mol. The van der Waals surface area contributed by atoms with Gasteiger partial charge in [-0.25, -0.2) is 8.42 Å². The molecule has 0 amide bonds. The number of hydrogen-bond donors (Lipinski definition) is 2. The van der Waals surface area contributed by atoms with E-state index in [-0.39, 0.29) is 27.2 Å². The molecule has 2 rings (SSSR count). The zero-order valence-corrected chi connectivity index (χ0v) is 14.5. The van der Waals surface area contributed by atoms with Crippen LogP contribution in [-0.4, -0.2) is 8.42 Å². The lowest BCUT2D eigenvalue weighted by Crippen LogP contribution is -2.15. The fourth-order valence-corrected chi connectivity index (χ4v) is 4.39. The van der Waals surface area contributed by atoms with E-state index in [0.717, 1.165) is 0 Å². The van der Waals surface area contributed by atoms with Gasteiger partial charge < -0.3 is 5.73 Å². The molecule has 0 spiro atoms. The van der Waals surface area contributed by atoms with E-state index in [1.807, 2.05) is 0 Å². The predicted octanol–water partition coefficient (Wildman–Crippen LogP) is 4.02. The second-order valence-corrected chi connectivity index (χ2v) is 7.49. The topological polar surface area (TPSA) is 72.2 Å². The first-order valence-corrected chi connectivity index (χ1v) is 8.83. The van der Waals surface area contributed by atoms with E-state index in [1.54, 1.807) is 30.3 Å². The van der Waals surface area contributed by atoms with Gasteiger partial charge >= 0.3 is 0 Å². The number of rotatable bonds is 4. The molecule has 0 heterocycles. The summed E-state index contributed by atoms with van der Waals surface area (Å²) in [7, 11) is -3.84. The zero-order chi connectivity index (χ0) is 15.6. The molecule has 0 saturated carbocycles. The van der Waals surface area contributed by atoms with Crippen molar-refractivity contribution >= 4 is 54.8 Å². The van der Waals surface area contributed by atoms with Crippen LogP contribution in [-0.2, 0) is 16.6 Å². The van der Waals surface area contributed by atoms with Gasteiger partial charge in [-0.05, 0) is 45.8 Å². The highest BCUT2D eigenvalue weighted by Gasteiger charge is 2.20. The van der Waals surface area contributed by atoms with E-state index in [1.165, 1.54) is 6.07 Å². The molecule has 0 radical (unpaired) electrons. The van der Waals surface area contributed by atoms with Crippen LogP contribution in [0.3, 0.4) is 0 Å². The Morgan fingerprint density at radius 1 is 1.14 bits per heavy atom. The molecule has 4 nitrogen and oxygen atoms in total. The summed E-state index contributed by atoms with van der Waals surface area (Å²) in [5, 5.41) is 0.439. The zero-order valence-electron chi connectivity index (χ0n) is 10.6. The molecule has 0 aliphatic carbocycles. The summed E-state index contributed by atoms with van der Waals surface area (Å²) in [5.41, 5.74) is 6.38. The van der Waals surface area contributed by atoms with Crippen LogP contribution in [0.1, 0.15) is 5.56 Å². The van der Waals surface area contributed by atoms with Crippen molar-refractivity contribution in [3.05, 3.63) is 56.5 Å². The normalized spacial score (nSPS) is 11.4. The summed E-state index contributed by atoms with van der Waals surface area (Å²) in [4.78, 5) is 0.0708. The Balaban J connectivity index is 2.48. The van der Waals surface area contributed by atoms with Gasteiger partial charge in [-0.15, -0.1) is 0 Å². The lowest BCUT2D eigenvalue weighted by molar-refractivity contribution is 0.600. The third-order valence-corrected chi connectivity index (χ3v) is 5.69. The van der Waals surface area contributed by atoms with Gasteiger partial charge in [0.1, 0.15) is 4.90 Å². The average Bonchev–Trinajstić information content (AvgIpc) is 2.43. The number of benzene rings is 2. The van der Waals surface area contributed by atoms with Crippen LogP contribution >= 0.6 is 39.1 Å². The van der Waals surface area contributed by atoms with Crippen LogP contribution in [0.5, 0.6) is 0 Å². The summed E-state index contributed by atoms with van der Waals surface area (Å²) in [6.07, 6.45) is 0. The number of nitrogens with one attached hydrogen (secondary N) is 1. The van der Waals surface area contributed by atoms with Gasteiger partial charge in [0.05, 0.1) is 15.7 Å². The maximum Gasteiger partial charge on any atom is 0.263 e. The Kier molecular flexibility index (Phi) is 5.16. The van der Waals surface area contributed by atoms with Crippen LogP contribution in [0.2, 0.25) is 10.0 Å². The van der Waals surface area contributed by atoms with Crippen LogP contribution in [0, 0.1) is 0 Å². The van der Waals surface area contributed by atoms with Gasteiger partial charge in [0.2, 0.25) is 0 Å². The van der Waals surface area contributed by atoms with E-state index in [0.29, 0.717) is 10.0 Å². The van der Waals surface area contributed by atoms with Crippen molar-refractivity contribution in [1.29, 1.82) is 0 Å². The quantitative estimate of drug-likeness (QED) is 0.800. The Labute approximate surface area is 141 Å². The molecule has 0 atom stereocenters. The molecule has 0 fully saturated rings. The minimum atomic E-state index is -3.84. The molecule has 0 unspecified atom stereocenters. The lowest BCUT2D eigenvalue weighted by atomic mass is 10.2. The monoisotopic (exact) mass is 408 g/mol. The van der Waals surface area contributed by atoms with Crippen LogP contribution in [0.4, 0.5) is 5.69 Å². The summed E-state index contributed by atoms with van der Waals surface area (Å²) in [5.74, 6) is 0. The first kappa shape index (κ1) is 16.6. The molecule has 0 aliphatic rings.